The molecule has 1 aliphatic heterocycles. The van der Waals surface area contributed by atoms with Crippen molar-refractivity contribution in [2.75, 3.05) is 19.8 Å². The Bertz CT molecular complexity index is 834. The molecule has 5 nitrogen and oxygen atoms in total. The molecule has 155 valence electrons. The zero-order chi connectivity index (χ0) is 20.2. The van der Waals surface area contributed by atoms with Crippen molar-refractivity contribution in [1.29, 1.82) is 0 Å². The molecule has 1 fully saturated rings. The number of piperidine rings is 1. The van der Waals surface area contributed by atoms with Crippen LogP contribution in [0.3, 0.4) is 0 Å². The maximum absolute atomic E-state index is 6.28. The second-order valence-corrected chi connectivity index (χ2v) is 7.97. The number of halogens is 1. The second kappa shape index (κ2) is 9.31. The molecule has 4 rings (SSSR count). The topological polar surface area (TPSA) is 47.5 Å². The Morgan fingerprint density at radius 2 is 1.83 bits per heavy atom. The summed E-state index contributed by atoms with van der Waals surface area (Å²) >= 11 is 6.28. The zero-order valence-electron chi connectivity index (χ0n) is 17.3. The van der Waals surface area contributed by atoms with Gasteiger partial charge in [-0.2, -0.15) is 0 Å². The standard InChI is InChI=1S/C23H29ClN3O2/c1-3-28-17-12-16(13-18(14-17)29-4-2)15-27-11-6-5-10-21(27)22-19-8-7-9-20(19)25-23(24)26-22/h5,12-14,21H,3-4,6-11,15H2,1-2H3. The van der Waals surface area contributed by atoms with Gasteiger partial charge in [0, 0.05) is 18.3 Å². The first-order chi connectivity index (χ1) is 14.2. The van der Waals surface area contributed by atoms with Gasteiger partial charge in [-0.3, -0.25) is 4.90 Å². The zero-order valence-corrected chi connectivity index (χ0v) is 18.0. The lowest BCUT2D eigenvalue weighted by molar-refractivity contribution is 0.158. The van der Waals surface area contributed by atoms with Gasteiger partial charge in [-0.05, 0) is 93.8 Å². The fourth-order valence-electron chi connectivity index (χ4n) is 4.47. The van der Waals surface area contributed by atoms with Crippen LogP contribution >= 0.6 is 11.6 Å². The lowest BCUT2D eigenvalue weighted by Gasteiger charge is -2.36. The molecule has 2 heterocycles. The molecule has 0 bridgehead atoms. The number of likely N-dealkylation sites (tertiary alicyclic amines) is 1. The van der Waals surface area contributed by atoms with Crippen molar-refractivity contribution < 1.29 is 9.47 Å². The van der Waals surface area contributed by atoms with Gasteiger partial charge >= 0.3 is 0 Å². The summed E-state index contributed by atoms with van der Waals surface area (Å²) in [6.45, 7) is 7.12. The van der Waals surface area contributed by atoms with Crippen LogP contribution in [-0.2, 0) is 19.4 Å². The van der Waals surface area contributed by atoms with Gasteiger partial charge in [0.1, 0.15) is 11.5 Å². The highest BCUT2D eigenvalue weighted by atomic mass is 35.5. The van der Waals surface area contributed by atoms with E-state index in [1.165, 1.54) is 11.1 Å². The van der Waals surface area contributed by atoms with E-state index in [0.717, 1.165) is 68.1 Å². The number of hydrogen-bond donors (Lipinski definition) is 0. The maximum atomic E-state index is 6.28. The summed E-state index contributed by atoms with van der Waals surface area (Å²) in [5.41, 5.74) is 4.78. The predicted octanol–water partition coefficient (Wildman–Crippen LogP) is 4.96. The molecule has 2 aliphatic rings. The molecule has 1 saturated heterocycles. The van der Waals surface area contributed by atoms with Gasteiger partial charge in [0.15, 0.2) is 0 Å². The third kappa shape index (κ3) is 4.67. The van der Waals surface area contributed by atoms with E-state index in [9.17, 15) is 0 Å². The lowest BCUT2D eigenvalue weighted by atomic mass is 9.95. The summed E-state index contributed by atoms with van der Waals surface area (Å²) in [4.78, 5) is 11.7. The number of fused-ring (bicyclic) bond motifs is 1. The Labute approximate surface area is 178 Å². The van der Waals surface area contributed by atoms with E-state index in [-0.39, 0.29) is 6.04 Å². The minimum Gasteiger partial charge on any atom is -0.494 e. The Kier molecular flexibility index (Phi) is 6.56. The van der Waals surface area contributed by atoms with Crippen molar-refractivity contribution in [3.05, 3.63) is 52.4 Å². The molecule has 1 aliphatic carbocycles. The van der Waals surface area contributed by atoms with Crippen LogP contribution in [-0.4, -0.2) is 34.6 Å². The quantitative estimate of drug-likeness (QED) is 0.599. The van der Waals surface area contributed by atoms with E-state index >= 15 is 0 Å². The highest BCUT2D eigenvalue weighted by Gasteiger charge is 2.30. The van der Waals surface area contributed by atoms with E-state index in [4.69, 9.17) is 26.1 Å². The number of ether oxygens (including phenoxy) is 2. The number of benzene rings is 1. The van der Waals surface area contributed by atoms with Gasteiger partial charge in [-0.1, -0.05) is 0 Å². The molecule has 0 N–H and O–H groups in total. The first-order valence-corrected chi connectivity index (χ1v) is 11.1. The molecule has 1 aromatic carbocycles. The number of hydrogen-bond acceptors (Lipinski definition) is 5. The van der Waals surface area contributed by atoms with Crippen molar-refractivity contribution in [1.82, 2.24) is 14.9 Å². The third-order valence-corrected chi connectivity index (χ3v) is 5.82. The summed E-state index contributed by atoms with van der Waals surface area (Å²) in [5, 5.41) is 0.378. The largest absolute Gasteiger partial charge is 0.494 e. The van der Waals surface area contributed by atoms with Gasteiger partial charge in [0.2, 0.25) is 5.28 Å². The Hall–Kier alpha value is -1.85. The molecule has 29 heavy (non-hydrogen) atoms. The van der Waals surface area contributed by atoms with Crippen LogP contribution in [0.2, 0.25) is 5.28 Å². The van der Waals surface area contributed by atoms with Crippen LogP contribution in [0.15, 0.2) is 18.2 Å². The summed E-state index contributed by atoms with van der Waals surface area (Å²) in [7, 11) is 0. The average Bonchev–Trinajstić information content (AvgIpc) is 3.16. The Morgan fingerprint density at radius 3 is 2.55 bits per heavy atom. The number of nitrogens with zero attached hydrogens (tertiary/aromatic N) is 3. The average molecular weight is 415 g/mol. The van der Waals surface area contributed by atoms with Gasteiger partial charge in [0.05, 0.1) is 24.9 Å². The number of rotatable bonds is 7. The van der Waals surface area contributed by atoms with Crippen molar-refractivity contribution in [3.8, 4) is 11.5 Å². The molecule has 1 unspecified atom stereocenters. The molecule has 1 radical (unpaired) electrons. The third-order valence-electron chi connectivity index (χ3n) is 5.65. The summed E-state index contributed by atoms with van der Waals surface area (Å²) < 4.78 is 11.5. The van der Waals surface area contributed by atoms with Crippen LogP contribution < -0.4 is 9.47 Å². The van der Waals surface area contributed by atoms with Crippen molar-refractivity contribution >= 4 is 11.6 Å². The molecule has 6 heteroatoms. The van der Waals surface area contributed by atoms with E-state index < -0.39 is 0 Å². The highest BCUT2D eigenvalue weighted by Crippen LogP contribution is 2.37. The van der Waals surface area contributed by atoms with Gasteiger partial charge in [-0.15, -0.1) is 0 Å². The van der Waals surface area contributed by atoms with E-state index in [2.05, 4.69) is 28.4 Å². The smallest absolute Gasteiger partial charge is 0.222 e. The minimum absolute atomic E-state index is 0.238. The summed E-state index contributed by atoms with van der Waals surface area (Å²) in [6, 6.07) is 6.45. The maximum Gasteiger partial charge on any atom is 0.222 e. The van der Waals surface area contributed by atoms with Gasteiger partial charge < -0.3 is 9.47 Å². The van der Waals surface area contributed by atoms with Crippen molar-refractivity contribution in [2.45, 2.75) is 58.5 Å². The van der Waals surface area contributed by atoms with Crippen molar-refractivity contribution in [3.63, 3.8) is 0 Å². The van der Waals surface area contributed by atoms with Crippen LogP contribution in [0.25, 0.3) is 0 Å². The van der Waals surface area contributed by atoms with Crippen molar-refractivity contribution in [2.24, 2.45) is 0 Å². The van der Waals surface area contributed by atoms with Gasteiger partial charge in [-0.25, -0.2) is 9.97 Å². The van der Waals surface area contributed by atoms with Crippen LogP contribution in [0.1, 0.15) is 61.7 Å². The molecule has 0 saturated carbocycles. The van der Waals surface area contributed by atoms with E-state index in [1.54, 1.807) is 0 Å². The summed E-state index contributed by atoms with van der Waals surface area (Å²) in [6.07, 6.45) is 7.66. The van der Waals surface area contributed by atoms with E-state index in [0.29, 0.717) is 18.5 Å². The molecular weight excluding hydrogens is 386 g/mol. The second-order valence-electron chi connectivity index (χ2n) is 7.63. The number of aromatic nitrogens is 2. The van der Waals surface area contributed by atoms with Crippen LogP contribution in [0.4, 0.5) is 0 Å². The van der Waals surface area contributed by atoms with Crippen LogP contribution in [0.5, 0.6) is 11.5 Å². The number of aryl methyl sites for hydroxylation is 1. The normalized spacial score (nSPS) is 19.2. The first-order valence-electron chi connectivity index (χ1n) is 10.7. The molecule has 0 spiro atoms. The lowest BCUT2D eigenvalue weighted by Crippen LogP contribution is -2.34. The fraction of sp³-hybridized carbons (Fsp3) is 0.522. The monoisotopic (exact) mass is 414 g/mol. The van der Waals surface area contributed by atoms with Gasteiger partial charge in [0.25, 0.3) is 0 Å². The molecule has 2 aromatic rings. The molecule has 0 amide bonds. The fourth-order valence-corrected chi connectivity index (χ4v) is 4.67. The van der Waals surface area contributed by atoms with Crippen LogP contribution in [0, 0.1) is 6.42 Å². The predicted molar refractivity (Wildman–Crippen MR) is 115 cm³/mol. The SMILES string of the molecule is CCOc1cc(CN2CC[CH]CC2c2nc(Cl)nc3c2CCC3)cc(OCC)c1. The molecule has 1 atom stereocenters. The first kappa shape index (κ1) is 20.4. The summed E-state index contributed by atoms with van der Waals surface area (Å²) in [5.74, 6) is 1.72. The Morgan fingerprint density at radius 1 is 1.07 bits per heavy atom. The Balaban J connectivity index is 1.62. The molecule has 1 aromatic heterocycles. The highest BCUT2D eigenvalue weighted by molar-refractivity contribution is 6.28. The molecular formula is C23H29ClN3O2. The van der Waals surface area contributed by atoms with E-state index in [1.807, 2.05) is 19.9 Å². The minimum atomic E-state index is 0.238.